The summed E-state index contributed by atoms with van der Waals surface area (Å²) in [6.07, 6.45) is 1.57. The third-order valence-corrected chi connectivity index (χ3v) is 4.70. The van der Waals surface area contributed by atoms with Crippen LogP contribution in [-0.4, -0.2) is 21.7 Å². The fourth-order valence-corrected chi connectivity index (χ4v) is 3.31. The van der Waals surface area contributed by atoms with Gasteiger partial charge in [0.15, 0.2) is 5.78 Å². The molecule has 0 saturated carbocycles. The quantitative estimate of drug-likeness (QED) is 0.523. The van der Waals surface area contributed by atoms with Gasteiger partial charge in [-0.2, -0.15) is 0 Å². The van der Waals surface area contributed by atoms with Crippen LogP contribution in [0.15, 0.2) is 38.5 Å². The van der Waals surface area contributed by atoms with Crippen LogP contribution in [0.5, 0.6) is 0 Å². The van der Waals surface area contributed by atoms with Crippen molar-refractivity contribution in [1.82, 2.24) is 10.2 Å². The molecule has 0 aliphatic heterocycles. The molecule has 0 unspecified atom stereocenters. The molecule has 21 heavy (non-hydrogen) atoms. The van der Waals surface area contributed by atoms with Crippen molar-refractivity contribution in [1.29, 1.82) is 0 Å². The summed E-state index contributed by atoms with van der Waals surface area (Å²) in [6.45, 7) is 3.81. The van der Waals surface area contributed by atoms with Crippen LogP contribution in [0.2, 0.25) is 0 Å². The standard InChI is InChI=1S/C14H12N2O3S2/c1-8-3-4-12(21-8)11(17)7-20-14-16-15-13(19-14)10-5-6-18-9(10)2/h3-6H,7H2,1-2H3. The molecule has 0 bridgehead atoms. The van der Waals surface area contributed by atoms with E-state index < -0.39 is 0 Å². The van der Waals surface area contributed by atoms with Gasteiger partial charge >= 0.3 is 0 Å². The Balaban J connectivity index is 1.65. The first-order valence-corrected chi connectivity index (χ1v) is 8.04. The summed E-state index contributed by atoms with van der Waals surface area (Å²) in [7, 11) is 0. The molecule has 0 atom stereocenters. The molecule has 3 aromatic heterocycles. The summed E-state index contributed by atoms with van der Waals surface area (Å²) in [4.78, 5) is 13.9. The van der Waals surface area contributed by atoms with E-state index in [0.29, 0.717) is 11.1 Å². The molecule has 0 aliphatic carbocycles. The summed E-state index contributed by atoms with van der Waals surface area (Å²) >= 11 is 2.74. The zero-order chi connectivity index (χ0) is 14.8. The second-order valence-electron chi connectivity index (χ2n) is 4.39. The molecule has 0 spiro atoms. The normalized spacial score (nSPS) is 11.0. The number of thioether (sulfide) groups is 1. The van der Waals surface area contributed by atoms with Crippen molar-refractivity contribution in [3.05, 3.63) is 40.0 Å². The van der Waals surface area contributed by atoms with Gasteiger partial charge in [-0.25, -0.2) is 0 Å². The molecule has 0 saturated heterocycles. The number of carbonyl (C=O) groups excluding carboxylic acids is 1. The van der Waals surface area contributed by atoms with Crippen molar-refractivity contribution in [2.75, 3.05) is 5.75 Å². The molecule has 3 heterocycles. The summed E-state index contributed by atoms with van der Waals surface area (Å²) in [5, 5.41) is 8.29. The van der Waals surface area contributed by atoms with Crippen LogP contribution >= 0.6 is 23.1 Å². The number of hydrogen-bond donors (Lipinski definition) is 0. The first-order valence-electron chi connectivity index (χ1n) is 6.24. The van der Waals surface area contributed by atoms with Crippen molar-refractivity contribution in [3.8, 4) is 11.5 Å². The smallest absolute Gasteiger partial charge is 0.277 e. The number of carbonyl (C=O) groups is 1. The van der Waals surface area contributed by atoms with Crippen molar-refractivity contribution < 1.29 is 13.6 Å². The summed E-state index contributed by atoms with van der Waals surface area (Å²) in [5.74, 6) is 1.48. The lowest BCUT2D eigenvalue weighted by Crippen LogP contribution is -1.99. The van der Waals surface area contributed by atoms with Crippen molar-refractivity contribution >= 4 is 28.9 Å². The number of hydrogen-bond acceptors (Lipinski definition) is 7. The predicted octanol–water partition coefficient (Wildman–Crippen LogP) is 3.98. The summed E-state index contributed by atoms with van der Waals surface area (Å²) in [6, 6.07) is 5.56. The Morgan fingerprint density at radius 2 is 2.14 bits per heavy atom. The van der Waals surface area contributed by atoms with E-state index >= 15 is 0 Å². The summed E-state index contributed by atoms with van der Waals surface area (Å²) in [5.41, 5.74) is 0.773. The van der Waals surface area contributed by atoms with Crippen LogP contribution < -0.4 is 0 Å². The molecular weight excluding hydrogens is 308 g/mol. The average molecular weight is 320 g/mol. The SMILES string of the molecule is Cc1ccc(C(=O)CSc2nnc(-c3ccoc3C)o2)s1. The van der Waals surface area contributed by atoms with Gasteiger partial charge in [0.25, 0.3) is 11.1 Å². The van der Waals surface area contributed by atoms with E-state index in [9.17, 15) is 4.79 Å². The molecule has 5 nitrogen and oxygen atoms in total. The Bertz CT molecular complexity index is 773. The van der Waals surface area contributed by atoms with Gasteiger partial charge in [-0.1, -0.05) is 11.8 Å². The molecule has 0 aromatic carbocycles. The van der Waals surface area contributed by atoms with Gasteiger partial charge in [-0.3, -0.25) is 4.79 Å². The topological polar surface area (TPSA) is 69.1 Å². The number of furan rings is 1. The van der Waals surface area contributed by atoms with Crippen LogP contribution in [0.1, 0.15) is 20.3 Å². The number of thiophene rings is 1. The summed E-state index contributed by atoms with van der Waals surface area (Å²) < 4.78 is 10.7. The van der Waals surface area contributed by atoms with Crippen LogP contribution in [0.4, 0.5) is 0 Å². The largest absolute Gasteiger partial charge is 0.469 e. The van der Waals surface area contributed by atoms with Crippen LogP contribution in [-0.2, 0) is 0 Å². The second-order valence-corrected chi connectivity index (χ2v) is 6.60. The van der Waals surface area contributed by atoms with Gasteiger partial charge < -0.3 is 8.83 Å². The highest BCUT2D eigenvalue weighted by atomic mass is 32.2. The molecule has 0 aliphatic rings. The predicted molar refractivity (Wildman–Crippen MR) is 80.8 cm³/mol. The molecule has 0 fully saturated rings. The number of Topliss-reactive ketones (excluding diaryl/α,β-unsaturated/α-hetero) is 1. The molecule has 108 valence electrons. The Morgan fingerprint density at radius 1 is 1.29 bits per heavy atom. The van der Waals surface area contributed by atoms with Crippen LogP contribution in [0.25, 0.3) is 11.5 Å². The number of aryl methyl sites for hydroxylation is 2. The molecule has 3 rings (SSSR count). The van der Waals surface area contributed by atoms with Crippen molar-refractivity contribution in [3.63, 3.8) is 0 Å². The van der Waals surface area contributed by atoms with Gasteiger partial charge in [0.1, 0.15) is 5.76 Å². The van der Waals surface area contributed by atoms with E-state index in [1.165, 1.54) is 23.1 Å². The zero-order valence-electron chi connectivity index (χ0n) is 11.5. The van der Waals surface area contributed by atoms with Crippen molar-refractivity contribution in [2.24, 2.45) is 0 Å². The third kappa shape index (κ3) is 3.08. The van der Waals surface area contributed by atoms with Crippen LogP contribution in [0.3, 0.4) is 0 Å². The zero-order valence-corrected chi connectivity index (χ0v) is 13.1. The van der Waals surface area contributed by atoms with Gasteiger partial charge in [-0.15, -0.1) is 21.5 Å². The molecule has 7 heteroatoms. The molecule has 0 N–H and O–H groups in total. The Hall–Kier alpha value is -1.86. The molecule has 3 aromatic rings. The van der Waals surface area contributed by atoms with E-state index in [1.807, 2.05) is 26.0 Å². The fourth-order valence-electron chi connectivity index (χ4n) is 1.77. The van der Waals surface area contributed by atoms with E-state index in [0.717, 1.165) is 21.1 Å². The van der Waals surface area contributed by atoms with E-state index in [2.05, 4.69) is 10.2 Å². The van der Waals surface area contributed by atoms with Crippen LogP contribution in [0, 0.1) is 13.8 Å². The minimum Gasteiger partial charge on any atom is -0.469 e. The van der Waals surface area contributed by atoms with Gasteiger partial charge in [0, 0.05) is 4.88 Å². The fraction of sp³-hybridized carbons (Fsp3) is 0.214. The lowest BCUT2D eigenvalue weighted by atomic mass is 10.3. The lowest BCUT2D eigenvalue weighted by molar-refractivity contribution is 0.102. The maximum absolute atomic E-state index is 12.0. The molecule has 0 amide bonds. The third-order valence-electron chi connectivity index (χ3n) is 2.84. The highest BCUT2D eigenvalue weighted by Crippen LogP contribution is 2.27. The highest BCUT2D eigenvalue weighted by molar-refractivity contribution is 7.99. The van der Waals surface area contributed by atoms with E-state index in [-0.39, 0.29) is 11.5 Å². The average Bonchev–Trinajstić information content (AvgIpc) is 3.16. The highest BCUT2D eigenvalue weighted by Gasteiger charge is 2.15. The van der Waals surface area contributed by atoms with Gasteiger partial charge in [0.05, 0.1) is 22.5 Å². The number of nitrogens with zero attached hydrogens (tertiary/aromatic N) is 2. The second kappa shape index (κ2) is 5.87. The Kier molecular flexibility index (Phi) is 3.94. The first-order chi connectivity index (χ1) is 10.1. The van der Waals surface area contributed by atoms with Crippen molar-refractivity contribution in [2.45, 2.75) is 19.1 Å². The number of rotatable bonds is 5. The minimum absolute atomic E-state index is 0.0670. The molecule has 0 radical (unpaired) electrons. The molecular formula is C14H12N2O3S2. The maximum Gasteiger partial charge on any atom is 0.277 e. The first kappa shape index (κ1) is 14.1. The van der Waals surface area contributed by atoms with Gasteiger partial charge in [0.2, 0.25) is 0 Å². The van der Waals surface area contributed by atoms with E-state index in [1.54, 1.807) is 12.3 Å². The Morgan fingerprint density at radius 3 is 2.81 bits per heavy atom. The monoisotopic (exact) mass is 320 g/mol. The minimum atomic E-state index is 0.0670. The maximum atomic E-state index is 12.0. The number of ketones is 1. The number of aromatic nitrogens is 2. The Labute approximate surface area is 129 Å². The van der Waals surface area contributed by atoms with Gasteiger partial charge in [-0.05, 0) is 32.0 Å². The lowest BCUT2D eigenvalue weighted by Gasteiger charge is -1.94. The van der Waals surface area contributed by atoms with E-state index in [4.69, 9.17) is 8.83 Å².